The van der Waals surface area contributed by atoms with Gasteiger partial charge in [-0.05, 0) is 18.8 Å². The average molecular weight is 220 g/mol. The van der Waals surface area contributed by atoms with Crippen LogP contribution in [0.25, 0.3) is 0 Å². The van der Waals surface area contributed by atoms with Gasteiger partial charge in [0.2, 0.25) is 0 Å². The Morgan fingerprint density at radius 1 is 1.43 bits per heavy atom. The third-order valence-corrected chi connectivity index (χ3v) is 3.00. The second-order valence-corrected chi connectivity index (χ2v) is 3.92. The van der Waals surface area contributed by atoms with Crippen molar-refractivity contribution in [2.45, 2.75) is 6.92 Å². The van der Waals surface area contributed by atoms with Crippen molar-refractivity contribution in [2.24, 2.45) is 11.8 Å². The van der Waals surface area contributed by atoms with E-state index in [9.17, 15) is 4.79 Å². The van der Waals surface area contributed by atoms with Gasteiger partial charge in [0.25, 0.3) is 0 Å². The number of likely N-dealkylation sites (tertiary alicyclic amines) is 1. The summed E-state index contributed by atoms with van der Waals surface area (Å²) in [6, 6.07) is 0.108. The van der Waals surface area contributed by atoms with Crippen molar-refractivity contribution in [1.82, 2.24) is 15.5 Å². The molecule has 0 aromatic rings. The Balaban J connectivity index is 0.000000980. The molecule has 0 bridgehead atoms. The number of nitrogens with zero attached hydrogens (tertiary/aromatic N) is 1. The summed E-state index contributed by atoms with van der Waals surface area (Å²) in [6.45, 7) is 6.72. The van der Waals surface area contributed by atoms with Gasteiger partial charge >= 0.3 is 6.03 Å². The fraction of sp³-hybridized carbons (Fsp3) is 0.889. The van der Waals surface area contributed by atoms with Gasteiger partial charge in [0.1, 0.15) is 0 Å². The van der Waals surface area contributed by atoms with E-state index in [1.54, 1.807) is 0 Å². The van der Waals surface area contributed by atoms with Crippen LogP contribution in [0.5, 0.6) is 0 Å². The van der Waals surface area contributed by atoms with Gasteiger partial charge in [0.15, 0.2) is 0 Å². The minimum absolute atomic E-state index is 0. The second kappa shape index (κ2) is 4.84. The van der Waals surface area contributed by atoms with Crippen molar-refractivity contribution in [3.05, 3.63) is 0 Å². The Labute approximate surface area is 90.8 Å². The van der Waals surface area contributed by atoms with E-state index in [-0.39, 0.29) is 18.4 Å². The standard InChI is InChI=1S/C9H17N3O.ClH/c1-2-11-9(13)12-5-7-3-10-4-8(7)6-12;/h7-8,10H,2-6H2,1H3,(H,11,13);1H. The Morgan fingerprint density at radius 3 is 2.50 bits per heavy atom. The molecule has 2 heterocycles. The highest BCUT2D eigenvalue weighted by molar-refractivity contribution is 5.85. The highest BCUT2D eigenvalue weighted by Crippen LogP contribution is 2.25. The summed E-state index contributed by atoms with van der Waals surface area (Å²) >= 11 is 0. The molecule has 2 fully saturated rings. The Bertz CT molecular complexity index is 200. The quantitative estimate of drug-likeness (QED) is 0.666. The number of fused-ring (bicyclic) bond motifs is 1. The molecular weight excluding hydrogens is 202 g/mol. The monoisotopic (exact) mass is 219 g/mol. The molecule has 82 valence electrons. The number of urea groups is 1. The molecule has 0 spiro atoms. The molecule has 2 unspecified atom stereocenters. The van der Waals surface area contributed by atoms with Crippen LogP contribution in [0.15, 0.2) is 0 Å². The number of rotatable bonds is 1. The predicted octanol–water partition coefficient (Wildman–Crippen LogP) is 0.289. The van der Waals surface area contributed by atoms with Gasteiger partial charge in [-0.2, -0.15) is 0 Å². The molecular formula is C9H18ClN3O. The van der Waals surface area contributed by atoms with Crippen molar-refractivity contribution in [3.63, 3.8) is 0 Å². The van der Waals surface area contributed by atoms with Crippen molar-refractivity contribution >= 4 is 18.4 Å². The van der Waals surface area contributed by atoms with Crippen LogP contribution in [-0.4, -0.2) is 43.7 Å². The Kier molecular flexibility index (Phi) is 4.01. The first-order valence-electron chi connectivity index (χ1n) is 5.04. The van der Waals surface area contributed by atoms with E-state index in [0.717, 1.165) is 32.7 Å². The van der Waals surface area contributed by atoms with Crippen molar-refractivity contribution in [3.8, 4) is 0 Å². The number of carbonyl (C=O) groups is 1. The fourth-order valence-corrected chi connectivity index (χ4v) is 2.28. The molecule has 0 radical (unpaired) electrons. The molecule has 4 nitrogen and oxygen atoms in total. The highest BCUT2D eigenvalue weighted by atomic mass is 35.5. The number of carbonyl (C=O) groups excluding carboxylic acids is 1. The summed E-state index contributed by atoms with van der Waals surface area (Å²) in [4.78, 5) is 13.4. The van der Waals surface area contributed by atoms with Crippen molar-refractivity contribution < 1.29 is 4.79 Å². The van der Waals surface area contributed by atoms with Crippen LogP contribution in [0, 0.1) is 11.8 Å². The molecule has 2 N–H and O–H groups in total. The third kappa shape index (κ3) is 2.12. The number of hydrogen-bond acceptors (Lipinski definition) is 2. The largest absolute Gasteiger partial charge is 0.338 e. The summed E-state index contributed by atoms with van der Waals surface area (Å²) in [5, 5.41) is 6.20. The molecule has 0 aliphatic carbocycles. The van der Waals surface area contributed by atoms with E-state index in [0.29, 0.717) is 11.8 Å². The van der Waals surface area contributed by atoms with E-state index in [1.165, 1.54) is 0 Å². The van der Waals surface area contributed by atoms with Crippen LogP contribution >= 0.6 is 12.4 Å². The summed E-state index contributed by atoms with van der Waals surface area (Å²) in [6.07, 6.45) is 0. The normalized spacial score (nSPS) is 29.6. The lowest BCUT2D eigenvalue weighted by molar-refractivity contribution is 0.206. The van der Waals surface area contributed by atoms with Gasteiger partial charge in [-0.3, -0.25) is 0 Å². The smallest absolute Gasteiger partial charge is 0.317 e. The Hall–Kier alpha value is -0.480. The number of amides is 2. The topological polar surface area (TPSA) is 44.4 Å². The van der Waals surface area contributed by atoms with Gasteiger partial charge in [-0.1, -0.05) is 0 Å². The first kappa shape index (κ1) is 11.6. The summed E-state index contributed by atoms with van der Waals surface area (Å²) in [5.41, 5.74) is 0. The molecule has 2 atom stereocenters. The van der Waals surface area contributed by atoms with Gasteiger partial charge < -0.3 is 15.5 Å². The molecule has 5 heteroatoms. The van der Waals surface area contributed by atoms with E-state index < -0.39 is 0 Å². The molecule has 0 aromatic heterocycles. The molecule has 2 amide bonds. The lowest BCUT2D eigenvalue weighted by atomic mass is 10.0. The SMILES string of the molecule is CCNC(=O)N1CC2CNCC2C1.Cl. The van der Waals surface area contributed by atoms with Crippen molar-refractivity contribution in [2.75, 3.05) is 32.7 Å². The maximum Gasteiger partial charge on any atom is 0.317 e. The highest BCUT2D eigenvalue weighted by Gasteiger charge is 2.37. The second-order valence-electron chi connectivity index (χ2n) is 3.92. The molecule has 2 rings (SSSR count). The van der Waals surface area contributed by atoms with Gasteiger partial charge in [-0.15, -0.1) is 12.4 Å². The first-order valence-corrected chi connectivity index (χ1v) is 5.04. The van der Waals surface area contributed by atoms with Gasteiger partial charge in [-0.25, -0.2) is 4.79 Å². The van der Waals surface area contributed by atoms with Gasteiger partial charge in [0.05, 0.1) is 0 Å². The zero-order valence-corrected chi connectivity index (χ0v) is 9.27. The minimum Gasteiger partial charge on any atom is -0.338 e. The van der Waals surface area contributed by atoms with Crippen LogP contribution in [0.4, 0.5) is 4.79 Å². The molecule has 14 heavy (non-hydrogen) atoms. The molecule has 0 saturated carbocycles. The minimum atomic E-state index is 0. The molecule has 0 aromatic carbocycles. The predicted molar refractivity (Wildman–Crippen MR) is 57.7 cm³/mol. The van der Waals surface area contributed by atoms with E-state index >= 15 is 0 Å². The molecule has 2 aliphatic rings. The molecule has 2 aliphatic heterocycles. The lowest BCUT2D eigenvalue weighted by Crippen LogP contribution is -2.39. The summed E-state index contributed by atoms with van der Waals surface area (Å²) < 4.78 is 0. The van der Waals surface area contributed by atoms with Crippen molar-refractivity contribution in [1.29, 1.82) is 0 Å². The third-order valence-electron chi connectivity index (χ3n) is 3.00. The first-order chi connectivity index (χ1) is 6.31. The maximum absolute atomic E-state index is 11.5. The van der Waals surface area contributed by atoms with E-state index in [1.807, 2.05) is 11.8 Å². The number of halogens is 1. The molecule has 2 saturated heterocycles. The van der Waals surface area contributed by atoms with Crippen LogP contribution in [0.3, 0.4) is 0 Å². The van der Waals surface area contributed by atoms with Crippen LogP contribution in [0.1, 0.15) is 6.92 Å². The van der Waals surface area contributed by atoms with Crippen LogP contribution in [0.2, 0.25) is 0 Å². The van der Waals surface area contributed by atoms with E-state index in [2.05, 4.69) is 10.6 Å². The van der Waals surface area contributed by atoms with Gasteiger partial charge in [0, 0.05) is 32.7 Å². The zero-order chi connectivity index (χ0) is 9.26. The van der Waals surface area contributed by atoms with E-state index in [4.69, 9.17) is 0 Å². The summed E-state index contributed by atoms with van der Waals surface area (Å²) in [7, 11) is 0. The fourth-order valence-electron chi connectivity index (χ4n) is 2.28. The van der Waals surface area contributed by atoms with Crippen LogP contribution < -0.4 is 10.6 Å². The Morgan fingerprint density at radius 2 is 2.00 bits per heavy atom. The maximum atomic E-state index is 11.5. The number of nitrogens with one attached hydrogen (secondary N) is 2. The zero-order valence-electron chi connectivity index (χ0n) is 8.45. The number of hydrogen-bond donors (Lipinski definition) is 2. The lowest BCUT2D eigenvalue weighted by Gasteiger charge is -2.17. The average Bonchev–Trinajstić information content (AvgIpc) is 2.61. The van der Waals surface area contributed by atoms with Crippen LogP contribution in [-0.2, 0) is 0 Å². The summed E-state index contributed by atoms with van der Waals surface area (Å²) in [5.74, 6) is 1.39.